The third kappa shape index (κ3) is 4.89. The highest BCUT2D eigenvalue weighted by Crippen LogP contribution is 2.29. The average molecular weight is 367 g/mol. The number of rotatable bonds is 7. The van der Waals surface area contributed by atoms with Crippen molar-refractivity contribution in [3.8, 4) is 5.75 Å². The summed E-state index contributed by atoms with van der Waals surface area (Å²) >= 11 is 0. The fraction of sp³-hybridized carbons (Fsp3) is 0.435. The minimum Gasteiger partial charge on any atom is -0.490 e. The molecule has 1 aliphatic rings. The number of methoxy groups -OCH3 is 1. The number of nitrogens with zero attached hydrogens (tertiary/aromatic N) is 1. The van der Waals surface area contributed by atoms with Crippen molar-refractivity contribution in [2.75, 3.05) is 13.7 Å². The molecule has 0 saturated carbocycles. The molecule has 1 heterocycles. The zero-order valence-corrected chi connectivity index (χ0v) is 16.7. The Kier molecular flexibility index (Phi) is 6.17. The Balaban J connectivity index is 1.75. The van der Waals surface area contributed by atoms with E-state index in [9.17, 15) is 4.79 Å². The number of hydrogen-bond donors (Lipinski definition) is 0. The van der Waals surface area contributed by atoms with Gasteiger partial charge in [0.2, 0.25) is 5.91 Å². The normalized spacial score (nSPS) is 16.5. The van der Waals surface area contributed by atoms with Crippen LogP contribution in [0.2, 0.25) is 0 Å². The van der Waals surface area contributed by atoms with Gasteiger partial charge in [-0.2, -0.15) is 0 Å². The van der Waals surface area contributed by atoms with Crippen molar-refractivity contribution >= 4 is 5.91 Å². The van der Waals surface area contributed by atoms with E-state index in [-0.39, 0.29) is 18.1 Å². The molecule has 4 heteroatoms. The molecule has 27 heavy (non-hydrogen) atoms. The van der Waals surface area contributed by atoms with Gasteiger partial charge in [0.25, 0.3) is 0 Å². The van der Waals surface area contributed by atoms with E-state index in [1.807, 2.05) is 30.0 Å². The van der Waals surface area contributed by atoms with E-state index in [1.54, 1.807) is 7.11 Å². The summed E-state index contributed by atoms with van der Waals surface area (Å²) in [6, 6.07) is 14.4. The van der Waals surface area contributed by atoms with Crippen LogP contribution >= 0.6 is 0 Å². The first-order valence-electron chi connectivity index (χ1n) is 9.58. The highest BCUT2D eigenvalue weighted by atomic mass is 16.5. The van der Waals surface area contributed by atoms with Crippen LogP contribution in [0.15, 0.2) is 42.5 Å². The molecule has 2 aromatic rings. The molecule has 2 atom stereocenters. The maximum Gasteiger partial charge on any atom is 0.227 e. The molecular weight excluding hydrogens is 338 g/mol. The predicted octanol–water partition coefficient (Wildman–Crippen LogP) is 3.92. The molecule has 0 unspecified atom stereocenters. The van der Waals surface area contributed by atoms with Crippen molar-refractivity contribution in [1.82, 2.24) is 4.90 Å². The number of ether oxygens (including phenoxy) is 2. The number of aryl methyl sites for hydroxylation is 1. The van der Waals surface area contributed by atoms with Crippen LogP contribution < -0.4 is 4.74 Å². The van der Waals surface area contributed by atoms with Crippen LogP contribution in [-0.4, -0.2) is 36.7 Å². The lowest BCUT2D eigenvalue weighted by molar-refractivity contribution is -0.134. The third-order valence-electron chi connectivity index (χ3n) is 5.01. The Bertz CT molecular complexity index is 802. The summed E-state index contributed by atoms with van der Waals surface area (Å²) in [5.74, 6) is 1.07. The van der Waals surface area contributed by atoms with Crippen molar-refractivity contribution < 1.29 is 14.3 Å². The summed E-state index contributed by atoms with van der Waals surface area (Å²) in [5, 5.41) is 0. The fourth-order valence-corrected chi connectivity index (χ4v) is 3.69. The maximum absolute atomic E-state index is 13.1. The zero-order valence-electron chi connectivity index (χ0n) is 16.7. The first-order valence-corrected chi connectivity index (χ1v) is 9.58. The quantitative estimate of drug-likeness (QED) is 0.744. The van der Waals surface area contributed by atoms with Crippen LogP contribution in [0, 0.1) is 6.92 Å². The van der Waals surface area contributed by atoms with Crippen LogP contribution in [0.25, 0.3) is 0 Å². The second kappa shape index (κ2) is 8.57. The summed E-state index contributed by atoms with van der Waals surface area (Å²) in [6.45, 7) is 7.29. The maximum atomic E-state index is 13.1. The van der Waals surface area contributed by atoms with Crippen LogP contribution in [0.5, 0.6) is 5.75 Å². The second-order valence-corrected chi connectivity index (χ2v) is 7.57. The molecule has 0 spiro atoms. The van der Waals surface area contributed by atoms with Gasteiger partial charge in [0.15, 0.2) is 0 Å². The van der Waals surface area contributed by atoms with Crippen LogP contribution in [0.3, 0.4) is 0 Å². The van der Waals surface area contributed by atoms with Gasteiger partial charge in [-0.05, 0) is 43.5 Å². The second-order valence-electron chi connectivity index (χ2n) is 7.57. The van der Waals surface area contributed by atoms with E-state index in [2.05, 4.69) is 38.1 Å². The number of carbonyl (C=O) groups excluding carboxylic acids is 1. The third-order valence-corrected chi connectivity index (χ3v) is 5.01. The first kappa shape index (κ1) is 19.4. The molecule has 0 aromatic heterocycles. The van der Waals surface area contributed by atoms with E-state index < -0.39 is 0 Å². The van der Waals surface area contributed by atoms with Gasteiger partial charge in [0.1, 0.15) is 11.9 Å². The molecule has 1 aliphatic heterocycles. The number of benzene rings is 2. The van der Waals surface area contributed by atoms with Crippen LogP contribution in [0.4, 0.5) is 0 Å². The Labute approximate surface area is 162 Å². The highest BCUT2D eigenvalue weighted by molar-refractivity contribution is 5.79. The number of carbonyl (C=O) groups is 1. The summed E-state index contributed by atoms with van der Waals surface area (Å²) < 4.78 is 11.1. The molecule has 0 fully saturated rings. The molecule has 0 saturated heterocycles. The molecule has 0 bridgehead atoms. The number of amides is 1. The van der Waals surface area contributed by atoms with Gasteiger partial charge in [-0.25, -0.2) is 0 Å². The van der Waals surface area contributed by atoms with Crippen molar-refractivity contribution in [3.63, 3.8) is 0 Å². The van der Waals surface area contributed by atoms with Gasteiger partial charge in [0.05, 0.1) is 19.1 Å². The van der Waals surface area contributed by atoms with Crippen molar-refractivity contribution in [3.05, 3.63) is 64.7 Å². The topological polar surface area (TPSA) is 38.8 Å². The largest absolute Gasteiger partial charge is 0.490 e. The highest BCUT2D eigenvalue weighted by Gasteiger charge is 2.23. The fourth-order valence-electron chi connectivity index (χ4n) is 3.69. The van der Waals surface area contributed by atoms with Crippen LogP contribution in [-0.2, 0) is 28.9 Å². The van der Waals surface area contributed by atoms with Crippen molar-refractivity contribution in [2.45, 2.75) is 52.3 Å². The number of fused-ring (bicyclic) bond motifs is 1. The minimum absolute atomic E-state index is 0.0146. The number of hydrogen-bond acceptors (Lipinski definition) is 3. The molecular formula is C23H29NO3. The lowest BCUT2D eigenvalue weighted by atomic mass is 10.0. The smallest absolute Gasteiger partial charge is 0.227 e. The molecule has 0 radical (unpaired) electrons. The van der Waals surface area contributed by atoms with Gasteiger partial charge in [-0.1, -0.05) is 42.0 Å². The average Bonchev–Trinajstić information content (AvgIpc) is 2.99. The summed E-state index contributed by atoms with van der Waals surface area (Å²) in [6.07, 6.45) is 1.51. The molecule has 0 aliphatic carbocycles. The monoisotopic (exact) mass is 367 g/mol. The lowest BCUT2D eigenvalue weighted by Crippen LogP contribution is -2.41. The molecule has 0 N–H and O–H groups in total. The Morgan fingerprint density at radius 3 is 2.81 bits per heavy atom. The van der Waals surface area contributed by atoms with Gasteiger partial charge < -0.3 is 14.4 Å². The van der Waals surface area contributed by atoms with E-state index >= 15 is 0 Å². The van der Waals surface area contributed by atoms with E-state index in [0.717, 1.165) is 23.3 Å². The van der Waals surface area contributed by atoms with E-state index in [4.69, 9.17) is 9.47 Å². The lowest BCUT2D eigenvalue weighted by Gasteiger charge is -2.29. The Morgan fingerprint density at radius 2 is 2.07 bits per heavy atom. The first-order chi connectivity index (χ1) is 13.0. The summed E-state index contributed by atoms with van der Waals surface area (Å²) in [7, 11) is 1.67. The van der Waals surface area contributed by atoms with Gasteiger partial charge >= 0.3 is 0 Å². The van der Waals surface area contributed by atoms with E-state index in [0.29, 0.717) is 19.6 Å². The minimum atomic E-state index is 0.0146. The molecule has 1 amide bonds. The van der Waals surface area contributed by atoms with Gasteiger partial charge in [-0.15, -0.1) is 0 Å². The van der Waals surface area contributed by atoms with Gasteiger partial charge in [0, 0.05) is 20.1 Å². The van der Waals surface area contributed by atoms with Crippen molar-refractivity contribution in [2.24, 2.45) is 0 Å². The SMILES string of the molecule is COC[C@@H](C)N(Cc1cccc(C)c1)C(=O)Cc1ccc2c(c1)C[C@H](C)O2. The van der Waals surface area contributed by atoms with Gasteiger partial charge in [-0.3, -0.25) is 4.79 Å². The standard InChI is InChI=1S/C23H29NO3/c1-16-6-5-7-20(10-16)14-24(17(2)15-26-4)23(25)13-19-8-9-22-21(12-19)11-18(3)27-22/h5-10,12,17-18H,11,13-15H2,1-4H3/t17-,18+/m1/s1. The zero-order chi connectivity index (χ0) is 19.4. The molecule has 4 nitrogen and oxygen atoms in total. The van der Waals surface area contributed by atoms with Crippen molar-refractivity contribution in [1.29, 1.82) is 0 Å². The molecule has 144 valence electrons. The Morgan fingerprint density at radius 1 is 1.26 bits per heavy atom. The molecule has 2 aromatic carbocycles. The van der Waals surface area contributed by atoms with Crippen LogP contribution in [0.1, 0.15) is 36.1 Å². The molecule has 3 rings (SSSR count). The summed E-state index contributed by atoms with van der Waals surface area (Å²) in [5.41, 5.74) is 4.58. The predicted molar refractivity (Wildman–Crippen MR) is 107 cm³/mol. The van der Waals surface area contributed by atoms with E-state index in [1.165, 1.54) is 11.1 Å². The summed E-state index contributed by atoms with van der Waals surface area (Å²) in [4.78, 5) is 15.0. The Hall–Kier alpha value is -2.33.